The Morgan fingerprint density at radius 1 is 1.23 bits per heavy atom. The molecule has 1 aliphatic rings. The van der Waals surface area contributed by atoms with Gasteiger partial charge in [0.1, 0.15) is 11.3 Å². The minimum absolute atomic E-state index is 0.0145. The van der Waals surface area contributed by atoms with Gasteiger partial charge in [0.2, 0.25) is 0 Å². The van der Waals surface area contributed by atoms with E-state index in [9.17, 15) is 9.59 Å². The molecule has 6 nitrogen and oxygen atoms in total. The van der Waals surface area contributed by atoms with E-state index in [1.165, 1.54) is 11.9 Å². The predicted octanol–water partition coefficient (Wildman–Crippen LogP) is 2.22. The van der Waals surface area contributed by atoms with Crippen LogP contribution in [0.15, 0.2) is 46.8 Å². The van der Waals surface area contributed by atoms with Crippen LogP contribution in [0.5, 0.6) is 0 Å². The van der Waals surface area contributed by atoms with Crippen LogP contribution in [-0.2, 0) is 25.6 Å². The predicted molar refractivity (Wildman–Crippen MR) is 80.5 cm³/mol. The normalized spacial score (nSPS) is 16.4. The first-order valence-corrected chi connectivity index (χ1v) is 6.99. The Balaban J connectivity index is 2.29. The first-order chi connectivity index (χ1) is 10.5. The quantitative estimate of drug-likeness (QED) is 0.486. The number of benzene rings is 1. The Bertz CT molecular complexity index is 635. The summed E-state index contributed by atoms with van der Waals surface area (Å²) in [5, 5.41) is 5.38. The maximum absolute atomic E-state index is 12.5. The fourth-order valence-corrected chi connectivity index (χ4v) is 2.09. The highest BCUT2D eigenvalue weighted by Crippen LogP contribution is 2.22. The summed E-state index contributed by atoms with van der Waals surface area (Å²) < 4.78 is 10.4. The summed E-state index contributed by atoms with van der Waals surface area (Å²) in [6, 6.07) is 9.45. The van der Waals surface area contributed by atoms with Crippen molar-refractivity contribution < 1.29 is 19.1 Å². The van der Waals surface area contributed by atoms with Gasteiger partial charge in [-0.25, -0.2) is 5.01 Å². The third-order valence-electron chi connectivity index (χ3n) is 3.00. The smallest absolute Gasteiger partial charge is 0.309 e. The first-order valence-electron chi connectivity index (χ1n) is 6.99. The average Bonchev–Trinajstić information content (AvgIpc) is 2.75. The maximum atomic E-state index is 12.5. The molecule has 1 heterocycles. The van der Waals surface area contributed by atoms with Crippen LogP contribution in [0.3, 0.4) is 0 Å². The zero-order valence-electron chi connectivity index (χ0n) is 12.8. The summed E-state index contributed by atoms with van der Waals surface area (Å²) in [7, 11) is 0. The number of nitrogens with zero attached hydrogens (tertiary/aromatic N) is 2. The van der Waals surface area contributed by atoms with Gasteiger partial charge in [-0.1, -0.05) is 30.3 Å². The molecule has 6 heteroatoms. The van der Waals surface area contributed by atoms with E-state index in [4.69, 9.17) is 9.47 Å². The summed E-state index contributed by atoms with van der Waals surface area (Å²) in [6.07, 6.45) is 0. The van der Waals surface area contributed by atoms with Gasteiger partial charge in [0, 0.05) is 6.92 Å². The monoisotopic (exact) mass is 302 g/mol. The highest BCUT2D eigenvalue weighted by molar-refractivity contribution is 6.23. The van der Waals surface area contributed by atoms with Gasteiger partial charge < -0.3 is 9.47 Å². The SMILES string of the molecule is CCO/C(C)=C1/C(=O)N(Cc2ccccc2)N=C1OC(C)=O. The minimum atomic E-state index is -0.532. The molecule has 0 spiro atoms. The number of esters is 1. The number of hydrazone groups is 1. The molecule has 0 unspecified atom stereocenters. The summed E-state index contributed by atoms with van der Waals surface area (Å²) in [5.41, 5.74) is 1.12. The molecule has 1 amide bonds. The van der Waals surface area contributed by atoms with Crippen LogP contribution >= 0.6 is 0 Å². The van der Waals surface area contributed by atoms with E-state index < -0.39 is 5.97 Å². The van der Waals surface area contributed by atoms with E-state index in [1.807, 2.05) is 37.3 Å². The molecule has 1 aromatic carbocycles. The van der Waals surface area contributed by atoms with Gasteiger partial charge in [-0.3, -0.25) is 9.59 Å². The number of amides is 1. The lowest BCUT2D eigenvalue weighted by Gasteiger charge is -2.11. The molecule has 116 valence electrons. The van der Waals surface area contributed by atoms with Gasteiger partial charge in [0.05, 0.1) is 13.2 Å². The van der Waals surface area contributed by atoms with Crippen LogP contribution in [0, 0.1) is 0 Å². The number of hydrogen-bond acceptors (Lipinski definition) is 5. The maximum Gasteiger partial charge on any atom is 0.309 e. The molecular weight excluding hydrogens is 284 g/mol. The molecule has 0 radical (unpaired) electrons. The molecule has 0 saturated carbocycles. The molecule has 0 aliphatic carbocycles. The van der Waals surface area contributed by atoms with Crippen molar-refractivity contribution in [3.8, 4) is 0 Å². The van der Waals surface area contributed by atoms with Crippen LogP contribution in [-0.4, -0.2) is 29.4 Å². The molecule has 0 bridgehead atoms. The van der Waals surface area contributed by atoms with Crippen molar-refractivity contribution in [2.75, 3.05) is 6.61 Å². The van der Waals surface area contributed by atoms with E-state index in [2.05, 4.69) is 5.10 Å². The number of ether oxygens (including phenoxy) is 2. The lowest BCUT2D eigenvalue weighted by atomic mass is 10.2. The number of carbonyl (C=O) groups is 2. The van der Waals surface area contributed by atoms with Crippen LogP contribution in [0.1, 0.15) is 26.3 Å². The van der Waals surface area contributed by atoms with E-state index in [0.717, 1.165) is 5.56 Å². The lowest BCUT2D eigenvalue weighted by Crippen LogP contribution is -2.23. The standard InChI is InChI=1S/C16H18N2O4/c1-4-21-11(2)14-15(22-12(3)19)17-18(16(14)20)10-13-8-6-5-7-9-13/h5-9H,4,10H2,1-3H3/b14-11+. The van der Waals surface area contributed by atoms with E-state index in [0.29, 0.717) is 18.9 Å². The third-order valence-corrected chi connectivity index (χ3v) is 3.00. The molecule has 1 aromatic rings. The zero-order chi connectivity index (χ0) is 16.1. The van der Waals surface area contributed by atoms with Crippen LogP contribution in [0.4, 0.5) is 0 Å². The van der Waals surface area contributed by atoms with Crippen molar-refractivity contribution in [2.24, 2.45) is 5.10 Å². The average molecular weight is 302 g/mol. The number of hydrogen-bond donors (Lipinski definition) is 0. The molecule has 0 atom stereocenters. The van der Waals surface area contributed by atoms with Crippen molar-refractivity contribution in [1.82, 2.24) is 5.01 Å². The van der Waals surface area contributed by atoms with Crippen LogP contribution in [0.2, 0.25) is 0 Å². The minimum Gasteiger partial charge on any atom is -0.497 e. The van der Waals surface area contributed by atoms with Gasteiger partial charge in [-0.15, -0.1) is 5.10 Å². The van der Waals surface area contributed by atoms with Crippen molar-refractivity contribution >= 4 is 17.8 Å². The second-order valence-electron chi connectivity index (χ2n) is 4.71. The van der Waals surface area contributed by atoms with E-state index >= 15 is 0 Å². The Morgan fingerprint density at radius 2 is 1.91 bits per heavy atom. The third kappa shape index (κ3) is 3.52. The molecule has 0 aromatic heterocycles. The number of allylic oxidation sites excluding steroid dienone is 1. The fourth-order valence-electron chi connectivity index (χ4n) is 2.09. The second-order valence-corrected chi connectivity index (χ2v) is 4.71. The summed E-state index contributed by atoms with van der Waals surface area (Å²) >= 11 is 0. The van der Waals surface area contributed by atoms with Gasteiger partial charge >= 0.3 is 5.97 Å². The summed E-state index contributed by atoms with van der Waals surface area (Å²) in [4.78, 5) is 23.7. The lowest BCUT2D eigenvalue weighted by molar-refractivity contribution is -0.133. The van der Waals surface area contributed by atoms with E-state index in [1.54, 1.807) is 6.92 Å². The molecule has 0 fully saturated rings. The van der Waals surface area contributed by atoms with Crippen LogP contribution < -0.4 is 0 Å². The molecule has 0 saturated heterocycles. The number of carbonyl (C=O) groups excluding carboxylic acids is 2. The largest absolute Gasteiger partial charge is 0.497 e. The van der Waals surface area contributed by atoms with Crippen molar-refractivity contribution in [3.63, 3.8) is 0 Å². The van der Waals surface area contributed by atoms with Crippen molar-refractivity contribution in [3.05, 3.63) is 47.2 Å². The first kappa shape index (κ1) is 15.8. The molecule has 1 aliphatic heterocycles. The van der Waals surface area contributed by atoms with Crippen molar-refractivity contribution in [1.29, 1.82) is 0 Å². The van der Waals surface area contributed by atoms with Crippen molar-refractivity contribution in [2.45, 2.75) is 27.3 Å². The molecule has 0 N–H and O–H groups in total. The Morgan fingerprint density at radius 3 is 2.50 bits per heavy atom. The van der Waals surface area contributed by atoms with Gasteiger partial charge in [0.15, 0.2) is 0 Å². The molecular formula is C16H18N2O4. The highest BCUT2D eigenvalue weighted by Gasteiger charge is 2.35. The van der Waals surface area contributed by atoms with Crippen LogP contribution in [0.25, 0.3) is 0 Å². The van der Waals surface area contributed by atoms with E-state index in [-0.39, 0.29) is 17.4 Å². The Hall–Kier alpha value is -2.63. The summed E-state index contributed by atoms with van der Waals surface area (Å²) in [6.45, 7) is 5.44. The molecule has 22 heavy (non-hydrogen) atoms. The van der Waals surface area contributed by atoms with Gasteiger partial charge in [0.25, 0.3) is 11.8 Å². The topological polar surface area (TPSA) is 68.2 Å². The summed E-state index contributed by atoms with van der Waals surface area (Å²) in [5.74, 6) is -0.497. The highest BCUT2D eigenvalue weighted by atomic mass is 16.5. The number of rotatable bonds is 4. The second kappa shape index (κ2) is 6.89. The van der Waals surface area contributed by atoms with Gasteiger partial charge in [-0.05, 0) is 19.4 Å². The molecule has 2 rings (SSSR count). The Kier molecular flexibility index (Phi) is 4.93. The van der Waals surface area contributed by atoms with Gasteiger partial charge in [-0.2, -0.15) is 0 Å². The zero-order valence-corrected chi connectivity index (χ0v) is 12.8. The fraction of sp³-hybridized carbons (Fsp3) is 0.312. The Labute approximate surface area is 129 Å².